The monoisotopic (exact) mass is 243 g/mol. The third kappa shape index (κ3) is 2.45. The normalized spacial score (nSPS) is 10.1. The summed E-state index contributed by atoms with van der Waals surface area (Å²) in [5.41, 5.74) is 1.98. The molecule has 0 bridgehead atoms. The quantitative estimate of drug-likeness (QED) is 0.895. The van der Waals surface area contributed by atoms with E-state index in [1.54, 1.807) is 24.3 Å². The van der Waals surface area contributed by atoms with Gasteiger partial charge in [0, 0.05) is 12.7 Å². The van der Waals surface area contributed by atoms with Gasteiger partial charge in [0.2, 0.25) is 0 Å². The number of nitrogens with zero attached hydrogens (tertiary/aromatic N) is 3. The van der Waals surface area contributed by atoms with Gasteiger partial charge in [-0.15, -0.1) is 5.10 Å². The average molecular weight is 243 g/mol. The van der Waals surface area contributed by atoms with E-state index in [2.05, 4.69) is 10.2 Å². The third-order valence-corrected chi connectivity index (χ3v) is 2.63. The zero-order valence-electron chi connectivity index (χ0n) is 10.2. The van der Waals surface area contributed by atoms with Crippen LogP contribution in [0.5, 0.6) is 0 Å². The van der Waals surface area contributed by atoms with Gasteiger partial charge < -0.3 is 10.0 Å². The number of benzene rings is 1. The number of rotatable bonds is 3. The lowest BCUT2D eigenvalue weighted by Crippen LogP contribution is -2.12. The van der Waals surface area contributed by atoms with Gasteiger partial charge in [0.05, 0.1) is 11.3 Å². The lowest BCUT2D eigenvalue weighted by molar-refractivity contribution is 0.0697. The molecule has 1 heterocycles. The van der Waals surface area contributed by atoms with Gasteiger partial charge in [-0.1, -0.05) is 0 Å². The van der Waals surface area contributed by atoms with Crippen molar-refractivity contribution in [1.82, 2.24) is 10.2 Å². The first-order chi connectivity index (χ1) is 8.58. The Morgan fingerprint density at radius 1 is 1.11 bits per heavy atom. The van der Waals surface area contributed by atoms with Gasteiger partial charge in [-0.25, -0.2) is 4.79 Å². The average Bonchev–Trinajstić information content (AvgIpc) is 2.39. The van der Waals surface area contributed by atoms with Crippen LogP contribution in [0.3, 0.4) is 0 Å². The molecule has 0 spiro atoms. The summed E-state index contributed by atoms with van der Waals surface area (Å²) in [6, 6.07) is 10.4. The van der Waals surface area contributed by atoms with E-state index in [0.717, 1.165) is 11.4 Å². The Bertz CT molecular complexity index is 549. The molecule has 0 aliphatic rings. The van der Waals surface area contributed by atoms with Crippen LogP contribution < -0.4 is 4.90 Å². The first-order valence-corrected chi connectivity index (χ1v) is 5.45. The third-order valence-electron chi connectivity index (χ3n) is 2.63. The molecule has 0 saturated carbocycles. The maximum absolute atomic E-state index is 10.8. The Kier molecular flexibility index (Phi) is 3.23. The summed E-state index contributed by atoms with van der Waals surface area (Å²) < 4.78 is 0. The number of aromatic carboxylic acids is 1. The Morgan fingerprint density at radius 3 is 2.28 bits per heavy atom. The Morgan fingerprint density at radius 2 is 1.78 bits per heavy atom. The molecule has 0 aliphatic carbocycles. The molecule has 0 radical (unpaired) electrons. The zero-order valence-corrected chi connectivity index (χ0v) is 10.2. The van der Waals surface area contributed by atoms with E-state index in [0.29, 0.717) is 5.82 Å². The SMILES string of the molecule is Cc1ccc(N(C)c2ccc(C(=O)O)cc2)nn1. The van der Waals surface area contributed by atoms with Crippen LogP contribution in [0.15, 0.2) is 36.4 Å². The molecule has 1 aromatic carbocycles. The molecule has 0 aliphatic heterocycles. The molecule has 1 N–H and O–H groups in total. The number of aryl methyl sites for hydroxylation is 1. The second-order valence-corrected chi connectivity index (χ2v) is 3.94. The van der Waals surface area contributed by atoms with E-state index in [-0.39, 0.29) is 5.56 Å². The topological polar surface area (TPSA) is 66.3 Å². The molecule has 1 aromatic heterocycles. The van der Waals surface area contributed by atoms with Crippen LogP contribution in [0.1, 0.15) is 16.1 Å². The van der Waals surface area contributed by atoms with Crippen molar-refractivity contribution in [2.24, 2.45) is 0 Å². The fraction of sp³-hybridized carbons (Fsp3) is 0.154. The van der Waals surface area contributed by atoms with Gasteiger partial charge in [0.25, 0.3) is 0 Å². The van der Waals surface area contributed by atoms with Crippen LogP contribution in [0, 0.1) is 6.92 Å². The van der Waals surface area contributed by atoms with Gasteiger partial charge in [-0.3, -0.25) is 0 Å². The van der Waals surface area contributed by atoms with Crippen molar-refractivity contribution in [2.75, 3.05) is 11.9 Å². The standard InChI is InChI=1S/C13H13N3O2/c1-9-3-8-12(15-14-9)16(2)11-6-4-10(5-7-11)13(17)18/h3-8H,1-2H3,(H,17,18). The summed E-state index contributed by atoms with van der Waals surface area (Å²) in [6.45, 7) is 1.87. The highest BCUT2D eigenvalue weighted by Gasteiger charge is 2.07. The Labute approximate surface area is 105 Å². The minimum Gasteiger partial charge on any atom is -0.478 e. The van der Waals surface area contributed by atoms with Crippen LogP contribution in [0.2, 0.25) is 0 Å². The number of carbonyl (C=O) groups is 1. The lowest BCUT2D eigenvalue weighted by atomic mass is 10.2. The molecular formula is C13H13N3O2. The van der Waals surface area contributed by atoms with Crippen LogP contribution in [0.4, 0.5) is 11.5 Å². The molecule has 2 aromatic rings. The summed E-state index contributed by atoms with van der Waals surface area (Å²) in [5.74, 6) is -0.219. The molecule has 0 atom stereocenters. The summed E-state index contributed by atoms with van der Waals surface area (Å²) in [4.78, 5) is 12.6. The lowest BCUT2D eigenvalue weighted by Gasteiger charge is -2.17. The molecule has 2 rings (SSSR count). The highest BCUT2D eigenvalue weighted by atomic mass is 16.4. The molecule has 0 fully saturated rings. The minimum absolute atomic E-state index is 0.266. The number of hydrogen-bond acceptors (Lipinski definition) is 4. The van der Waals surface area contributed by atoms with Crippen LogP contribution in [-0.2, 0) is 0 Å². The van der Waals surface area contributed by atoms with Crippen LogP contribution in [-0.4, -0.2) is 28.3 Å². The number of hydrogen-bond donors (Lipinski definition) is 1. The largest absolute Gasteiger partial charge is 0.478 e. The second kappa shape index (κ2) is 4.83. The second-order valence-electron chi connectivity index (χ2n) is 3.94. The van der Waals surface area contributed by atoms with Gasteiger partial charge >= 0.3 is 5.97 Å². The van der Waals surface area contributed by atoms with Crippen molar-refractivity contribution in [1.29, 1.82) is 0 Å². The molecular weight excluding hydrogens is 230 g/mol. The molecule has 0 saturated heterocycles. The first-order valence-electron chi connectivity index (χ1n) is 5.45. The highest BCUT2D eigenvalue weighted by molar-refractivity contribution is 5.88. The highest BCUT2D eigenvalue weighted by Crippen LogP contribution is 2.21. The number of carboxylic acids is 1. The molecule has 5 heteroatoms. The maximum Gasteiger partial charge on any atom is 0.335 e. The fourth-order valence-corrected chi connectivity index (χ4v) is 1.53. The van der Waals surface area contributed by atoms with Gasteiger partial charge in [-0.05, 0) is 43.3 Å². The molecule has 92 valence electrons. The predicted octanol–water partition coefficient (Wildman–Crippen LogP) is 2.25. The smallest absolute Gasteiger partial charge is 0.335 e. The number of aromatic nitrogens is 2. The Balaban J connectivity index is 2.25. The fourth-order valence-electron chi connectivity index (χ4n) is 1.53. The maximum atomic E-state index is 10.8. The number of anilines is 2. The van der Waals surface area contributed by atoms with Crippen LogP contribution in [0.25, 0.3) is 0 Å². The van der Waals surface area contributed by atoms with Crippen molar-refractivity contribution in [3.63, 3.8) is 0 Å². The van der Waals surface area contributed by atoms with Gasteiger partial charge in [0.15, 0.2) is 5.82 Å². The van der Waals surface area contributed by atoms with Crippen molar-refractivity contribution in [3.8, 4) is 0 Å². The summed E-state index contributed by atoms with van der Waals surface area (Å²) >= 11 is 0. The number of carboxylic acid groups (broad SMARTS) is 1. The molecule has 5 nitrogen and oxygen atoms in total. The predicted molar refractivity (Wildman–Crippen MR) is 68.2 cm³/mol. The molecule has 0 unspecified atom stereocenters. The van der Waals surface area contributed by atoms with Gasteiger partial charge in [-0.2, -0.15) is 5.10 Å². The summed E-state index contributed by atoms with van der Waals surface area (Å²) in [7, 11) is 1.86. The van der Waals surface area contributed by atoms with Crippen molar-refractivity contribution < 1.29 is 9.90 Å². The van der Waals surface area contributed by atoms with E-state index in [9.17, 15) is 4.79 Å². The summed E-state index contributed by atoms with van der Waals surface area (Å²) in [6.07, 6.45) is 0. The van der Waals surface area contributed by atoms with Gasteiger partial charge in [0.1, 0.15) is 0 Å². The van der Waals surface area contributed by atoms with Crippen LogP contribution >= 0.6 is 0 Å². The first kappa shape index (κ1) is 12.0. The Hall–Kier alpha value is -2.43. The molecule has 0 amide bonds. The van der Waals surface area contributed by atoms with Crippen molar-refractivity contribution in [2.45, 2.75) is 6.92 Å². The minimum atomic E-state index is -0.931. The van der Waals surface area contributed by atoms with E-state index < -0.39 is 5.97 Å². The van der Waals surface area contributed by atoms with Crippen molar-refractivity contribution in [3.05, 3.63) is 47.7 Å². The van der Waals surface area contributed by atoms with E-state index in [1.807, 2.05) is 31.0 Å². The summed E-state index contributed by atoms with van der Waals surface area (Å²) in [5, 5.41) is 16.9. The van der Waals surface area contributed by atoms with E-state index in [1.165, 1.54) is 0 Å². The van der Waals surface area contributed by atoms with E-state index in [4.69, 9.17) is 5.11 Å². The zero-order chi connectivity index (χ0) is 13.1. The van der Waals surface area contributed by atoms with Crippen molar-refractivity contribution >= 4 is 17.5 Å². The molecule has 18 heavy (non-hydrogen) atoms. The van der Waals surface area contributed by atoms with E-state index >= 15 is 0 Å².